The lowest BCUT2D eigenvalue weighted by atomic mass is 10.2. The quantitative estimate of drug-likeness (QED) is 0.646. The summed E-state index contributed by atoms with van der Waals surface area (Å²) in [6, 6.07) is 14.5. The molecule has 0 aromatic heterocycles. The molecule has 6 nitrogen and oxygen atoms in total. The molecule has 0 saturated carbocycles. The van der Waals surface area contributed by atoms with Crippen LogP contribution in [0.25, 0.3) is 0 Å². The lowest BCUT2D eigenvalue weighted by Crippen LogP contribution is -2.32. The first kappa shape index (κ1) is 20.7. The predicted octanol–water partition coefficient (Wildman–Crippen LogP) is 2.74. The average molecular weight is 373 g/mol. The Morgan fingerprint density at radius 2 is 1.89 bits per heavy atom. The predicted molar refractivity (Wildman–Crippen MR) is 103 cm³/mol. The molecule has 1 unspecified atom stereocenters. The first-order valence-electron chi connectivity index (χ1n) is 8.91. The number of rotatable bonds is 10. The van der Waals surface area contributed by atoms with Crippen molar-refractivity contribution in [3.63, 3.8) is 0 Å². The molecule has 0 spiro atoms. The molecule has 1 N–H and O–H groups in total. The van der Waals surface area contributed by atoms with Gasteiger partial charge in [-0.05, 0) is 55.9 Å². The molecule has 0 amide bonds. The summed E-state index contributed by atoms with van der Waals surface area (Å²) in [6.45, 7) is 3.44. The maximum Gasteiger partial charge on any atom is 0.338 e. The van der Waals surface area contributed by atoms with Gasteiger partial charge in [0.05, 0.1) is 19.3 Å². The van der Waals surface area contributed by atoms with Crippen LogP contribution in [0.5, 0.6) is 11.5 Å². The van der Waals surface area contributed by atoms with Gasteiger partial charge in [0, 0.05) is 13.1 Å². The standard InChI is InChI=1S/C21H27NO5/c1-4-26-21(24)17-8-10-19(11-9-17)27-15-18(23)14-22(2)13-16-6-5-7-20(12-16)25-3/h5-12,18,23H,4,13-15H2,1-3H3. The van der Waals surface area contributed by atoms with Crippen LogP contribution >= 0.6 is 0 Å². The number of benzene rings is 2. The molecule has 27 heavy (non-hydrogen) atoms. The molecule has 0 aliphatic heterocycles. The third-order valence-electron chi connectivity index (χ3n) is 3.92. The van der Waals surface area contributed by atoms with E-state index in [0.717, 1.165) is 11.3 Å². The van der Waals surface area contributed by atoms with Crippen molar-refractivity contribution < 1.29 is 24.1 Å². The number of hydrogen-bond acceptors (Lipinski definition) is 6. The molecule has 0 aliphatic carbocycles. The van der Waals surface area contributed by atoms with E-state index in [0.29, 0.717) is 31.0 Å². The van der Waals surface area contributed by atoms with Crippen LogP contribution in [-0.2, 0) is 11.3 Å². The smallest absolute Gasteiger partial charge is 0.338 e. The number of likely N-dealkylation sites (N-methyl/N-ethyl adjacent to an activating group) is 1. The van der Waals surface area contributed by atoms with Gasteiger partial charge in [-0.1, -0.05) is 12.1 Å². The zero-order chi connectivity index (χ0) is 19.6. The van der Waals surface area contributed by atoms with E-state index in [2.05, 4.69) is 0 Å². The van der Waals surface area contributed by atoms with Crippen molar-refractivity contribution in [1.29, 1.82) is 0 Å². The minimum Gasteiger partial charge on any atom is -0.497 e. The fraction of sp³-hybridized carbons (Fsp3) is 0.381. The van der Waals surface area contributed by atoms with Crippen molar-refractivity contribution in [2.75, 3.05) is 33.9 Å². The maximum absolute atomic E-state index is 11.6. The molecule has 2 rings (SSSR count). The molecule has 146 valence electrons. The number of carbonyl (C=O) groups is 1. The van der Waals surface area contributed by atoms with Gasteiger partial charge < -0.3 is 19.3 Å². The zero-order valence-corrected chi connectivity index (χ0v) is 16.1. The van der Waals surface area contributed by atoms with Crippen LogP contribution in [-0.4, -0.2) is 56.0 Å². The monoisotopic (exact) mass is 373 g/mol. The van der Waals surface area contributed by atoms with E-state index in [-0.39, 0.29) is 12.6 Å². The summed E-state index contributed by atoms with van der Waals surface area (Å²) in [5.74, 6) is 1.05. The van der Waals surface area contributed by atoms with Gasteiger partial charge in [-0.25, -0.2) is 4.79 Å². The summed E-state index contributed by atoms with van der Waals surface area (Å²) in [7, 11) is 3.58. The van der Waals surface area contributed by atoms with E-state index < -0.39 is 6.10 Å². The Morgan fingerprint density at radius 3 is 2.56 bits per heavy atom. The first-order chi connectivity index (χ1) is 13.0. The molecule has 0 saturated heterocycles. The molecular formula is C21H27NO5. The van der Waals surface area contributed by atoms with Gasteiger partial charge in [0.25, 0.3) is 0 Å². The van der Waals surface area contributed by atoms with Crippen molar-refractivity contribution in [3.05, 3.63) is 59.7 Å². The van der Waals surface area contributed by atoms with Crippen LogP contribution in [0.3, 0.4) is 0 Å². The van der Waals surface area contributed by atoms with Gasteiger partial charge in [-0.2, -0.15) is 0 Å². The van der Waals surface area contributed by atoms with Gasteiger partial charge in [0.1, 0.15) is 24.2 Å². The summed E-state index contributed by atoms with van der Waals surface area (Å²) in [6.07, 6.45) is -0.634. The summed E-state index contributed by atoms with van der Waals surface area (Å²) in [5, 5.41) is 10.2. The topological polar surface area (TPSA) is 68.2 Å². The Balaban J connectivity index is 1.78. The number of carbonyl (C=O) groups excluding carboxylic acids is 1. The van der Waals surface area contributed by atoms with Gasteiger partial charge in [0.15, 0.2) is 0 Å². The highest BCUT2D eigenvalue weighted by Crippen LogP contribution is 2.15. The van der Waals surface area contributed by atoms with Crippen molar-refractivity contribution >= 4 is 5.97 Å². The Kier molecular flexibility index (Phi) is 8.10. The van der Waals surface area contributed by atoms with E-state index in [9.17, 15) is 9.90 Å². The Bertz CT molecular complexity index is 717. The van der Waals surface area contributed by atoms with E-state index >= 15 is 0 Å². The lowest BCUT2D eigenvalue weighted by molar-refractivity contribution is 0.0525. The number of methoxy groups -OCH3 is 1. The van der Waals surface area contributed by atoms with Crippen LogP contribution in [0.4, 0.5) is 0 Å². The van der Waals surface area contributed by atoms with Crippen molar-refractivity contribution in [1.82, 2.24) is 4.90 Å². The second-order valence-corrected chi connectivity index (χ2v) is 6.26. The normalized spacial score (nSPS) is 11.9. The Hall–Kier alpha value is -2.57. The van der Waals surface area contributed by atoms with E-state index in [1.807, 2.05) is 36.2 Å². The van der Waals surface area contributed by atoms with Crippen LogP contribution in [0.1, 0.15) is 22.8 Å². The highest BCUT2D eigenvalue weighted by atomic mass is 16.5. The highest BCUT2D eigenvalue weighted by Gasteiger charge is 2.11. The molecule has 2 aromatic rings. The third-order valence-corrected chi connectivity index (χ3v) is 3.92. The minimum atomic E-state index is -0.634. The molecule has 0 radical (unpaired) electrons. The van der Waals surface area contributed by atoms with Crippen molar-refractivity contribution in [3.8, 4) is 11.5 Å². The minimum absolute atomic E-state index is 0.168. The molecular weight excluding hydrogens is 346 g/mol. The molecule has 0 fully saturated rings. The summed E-state index contributed by atoms with van der Waals surface area (Å²) < 4.78 is 15.8. The van der Waals surface area contributed by atoms with Gasteiger partial charge in [-0.3, -0.25) is 4.90 Å². The van der Waals surface area contributed by atoms with E-state index in [4.69, 9.17) is 14.2 Å². The number of nitrogens with zero attached hydrogens (tertiary/aromatic N) is 1. The largest absolute Gasteiger partial charge is 0.497 e. The van der Waals surface area contributed by atoms with Crippen LogP contribution in [0.15, 0.2) is 48.5 Å². The number of ether oxygens (including phenoxy) is 3. The third kappa shape index (κ3) is 6.92. The Morgan fingerprint density at radius 1 is 1.15 bits per heavy atom. The number of esters is 1. The second kappa shape index (κ2) is 10.5. The van der Waals surface area contributed by atoms with Gasteiger partial charge in [-0.15, -0.1) is 0 Å². The average Bonchev–Trinajstić information content (AvgIpc) is 2.67. The van der Waals surface area contributed by atoms with Crippen LogP contribution in [0, 0.1) is 0 Å². The number of aliphatic hydroxyl groups is 1. The Labute approximate surface area is 160 Å². The first-order valence-corrected chi connectivity index (χ1v) is 8.91. The van der Waals surface area contributed by atoms with Gasteiger partial charge >= 0.3 is 5.97 Å². The van der Waals surface area contributed by atoms with Gasteiger partial charge in [0.2, 0.25) is 0 Å². The maximum atomic E-state index is 11.6. The van der Waals surface area contributed by atoms with Crippen LogP contribution in [0.2, 0.25) is 0 Å². The molecule has 0 heterocycles. The molecule has 0 bridgehead atoms. The molecule has 1 atom stereocenters. The molecule has 0 aliphatic rings. The molecule has 2 aromatic carbocycles. The highest BCUT2D eigenvalue weighted by molar-refractivity contribution is 5.89. The summed E-state index contributed by atoms with van der Waals surface area (Å²) in [4.78, 5) is 13.6. The number of hydrogen-bond donors (Lipinski definition) is 1. The second-order valence-electron chi connectivity index (χ2n) is 6.26. The lowest BCUT2D eigenvalue weighted by Gasteiger charge is -2.21. The van der Waals surface area contributed by atoms with Crippen molar-refractivity contribution in [2.24, 2.45) is 0 Å². The number of aliphatic hydroxyl groups excluding tert-OH is 1. The molecule has 6 heteroatoms. The van der Waals surface area contributed by atoms with Crippen LogP contribution < -0.4 is 9.47 Å². The zero-order valence-electron chi connectivity index (χ0n) is 16.1. The van der Waals surface area contributed by atoms with E-state index in [1.54, 1.807) is 38.3 Å². The van der Waals surface area contributed by atoms with E-state index in [1.165, 1.54) is 0 Å². The summed E-state index contributed by atoms with van der Waals surface area (Å²) in [5.41, 5.74) is 1.59. The SMILES string of the molecule is CCOC(=O)c1ccc(OCC(O)CN(C)Cc2cccc(OC)c2)cc1. The fourth-order valence-corrected chi connectivity index (χ4v) is 2.65. The summed E-state index contributed by atoms with van der Waals surface area (Å²) >= 11 is 0. The fourth-order valence-electron chi connectivity index (χ4n) is 2.65. The van der Waals surface area contributed by atoms with Crippen molar-refractivity contribution in [2.45, 2.75) is 19.6 Å².